The minimum Gasteiger partial charge on any atom is -0.375 e. The smallest absolute Gasteiger partial charge is 0.244 e. The van der Waals surface area contributed by atoms with Crippen LogP contribution in [0.5, 0.6) is 0 Å². The number of nitriles is 1. The first kappa shape index (κ1) is 12.1. The number of hydrogen-bond donors (Lipinski definition) is 3. The minimum absolute atomic E-state index is 0.198. The summed E-state index contributed by atoms with van der Waals surface area (Å²) in [5.74, 6) is 0. The van der Waals surface area contributed by atoms with Crippen molar-refractivity contribution in [2.75, 3.05) is 0 Å². The fraction of sp³-hybridized carbons (Fsp3) is 0.600. The first-order chi connectivity index (χ1) is 5.94. The molecule has 0 aliphatic rings. The number of hydrazine groups is 1. The number of nitrogens with one attached hydrogen (secondary N) is 2. The highest BCUT2D eigenvalue weighted by molar-refractivity contribution is 7.90. The van der Waals surface area contributed by atoms with Crippen LogP contribution in [0.2, 0.25) is 0 Å². The van der Waals surface area contributed by atoms with E-state index in [0.717, 1.165) is 0 Å². The Labute approximate surface area is 82.1 Å². The quantitative estimate of drug-likeness (QED) is 0.414. The van der Waals surface area contributed by atoms with E-state index < -0.39 is 15.3 Å². The van der Waals surface area contributed by atoms with Gasteiger partial charge >= 0.3 is 0 Å². The summed E-state index contributed by atoms with van der Waals surface area (Å²) in [6.07, 6.45) is 0.199. The summed E-state index contributed by atoms with van der Waals surface area (Å²) in [6, 6.07) is 1.64. The van der Waals surface area contributed by atoms with Crippen molar-refractivity contribution in [3.8, 4) is 6.07 Å². The predicted octanol–water partition coefficient (Wildman–Crippen LogP) is -1.04. The van der Waals surface area contributed by atoms with Crippen molar-refractivity contribution in [3.63, 3.8) is 0 Å². The normalized spacial score (nSPS) is 12.9. The number of sulfonamides is 1. The molecule has 0 saturated carbocycles. The molecule has 13 heavy (non-hydrogen) atoms. The molecule has 74 valence electrons. The van der Waals surface area contributed by atoms with Crippen molar-refractivity contribution < 1.29 is 8.42 Å². The van der Waals surface area contributed by atoms with Crippen LogP contribution in [0.25, 0.3) is 0 Å². The van der Waals surface area contributed by atoms with Crippen LogP contribution in [0.1, 0.15) is 13.3 Å². The van der Waals surface area contributed by atoms with Gasteiger partial charge in [0.25, 0.3) is 0 Å². The van der Waals surface area contributed by atoms with Gasteiger partial charge in [0.2, 0.25) is 10.0 Å². The molecule has 0 bridgehead atoms. The van der Waals surface area contributed by atoms with Gasteiger partial charge in [-0.25, -0.2) is 8.42 Å². The van der Waals surface area contributed by atoms with Crippen LogP contribution in [0.4, 0.5) is 0 Å². The number of hydrogen-bond acceptors (Lipinski definition) is 4. The third-order valence-electron chi connectivity index (χ3n) is 1.21. The summed E-state index contributed by atoms with van der Waals surface area (Å²) in [5, 5.41) is 7.17. The highest BCUT2D eigenvalue weighted by Crippen LogP contribution is 2.00. The van der Waals surface area contributed by atoms with Crippen molar-refractivity contribution in [1.82, 2.24) is 10.3 Å². The van der Waals surface area contributed by atoms with Gasteiger partial charge in [0.15, 0.2) is 10.4 Å². The Kier molecular flexibility index (Phi) is 4.61. The molecule has 0 heterocycles. The van der Waals surface area contributed by atoms with E-state index in [9.17, 15) is 8.42 Å². The van der Waals surface area contributed by atoms with Crippen LogP contribution in [-0.4, -0.2) is 18.8 Å². The van der Waals surface area contributed by atoms with Crippen LogP contribution in [0.3, 0.4) is 0 Å². The molecule has 0 fully saturated rings. The maximum absolute atomic E-state index is 11.2. The van der Waals surface area contributed by atoms with E-state index in [1.807, 2.05) is 4.83 Å². The Bertz CT molecular complexity index is 318. The Hall–Kier alpha value is -0.910. The topological polar surface area (TPSA) is 108 Å². The molecule has 8 heteroatoms. The molecule has 4 N–H and O–H groups in total. The largest absolute Gasteiger partial charge is 0.375 e. The van der Waals surface area contributed by atoms with E-state index in [1.54, 1.807) is 13.0 Å². The summed E-state index contributed by atoms with van der Waals surface area (Å²) in [7, 11) is -3.71. The molecule has 0 aromatic heterocycles. The Morgan fingerprint density at radius 1 is 1.77 bits per heavy atom. The Morgan fingerprint density at radius 2 is 2.31 bits per heavy atom. The van der Waals surface area contributed by atoms with Gasteiger partial charge in [-0.05, 0) is 18.6 Å². The van der Waals surface area contributed by atoms with Crippen molar-refractivity contribution in [3.05, 3.63) is 0 Å². The van der Waals surface area contributed by atoms with Crippen LogP contribution < -0.4 is 16.0 Å². The van der Waals surface area contributed by atoms with Crippen LogP contribution >= 0.6 is 12.2 Å². The lowest BCUT2D eigenvalue weighted by Gasteiger charge is -2.10. The molecule has 0 aromatic rings. The predicted molar refractivity (Wildman–Crippen MR) is 51.7 cm³/mol. The average molecular weight is 222 g/mol. The summed E-state index contributed by atoms with van der Waals surface area (Å²) in [5.41, 5.74) is 7.05. The first-order valence-electron chi connectivity index (χ1n) is 3.39. The molecule has 0 saturated heterocycles. The lowest BCUT2D eigenvalue weighted by molar-refractivity contribution is 0.568. The standard InChI is InChI=1S/C5H10N4O2S2/c1-2-4(3-6)13(10,11)9-8-5(7)12/h4,9H,2H2,1H3,(H3,7,8,12). The van der Waals surface area contributed by atoms with Crippen molar-refractivity contribution in [2.45, 2.75) is 18.6 Å². The van der Waals surface area contributed by atoms with E-state index in [2.05, 4.69) is 17.6 Å². The van der Waals surface area contributed by atoms with Gasteiger partial charge in [-0.1, -0.05) is 6.92 Å². The van der Waals surface area contributed by atoms with Gasteiger partial charge in [0.1, 0.15) is 0 Å². The molecule has 0 rings (SSSR count). The second-order valence-electron chi connectivity index (χ2n) is 2.16. The zero-order chi connectivity index (χ0) is 10.5. The fourth-order valence-corrected chi connectivity index (χ4v) is 1.66. The molecular formula is C5H10N4O2S2. The van der Waals surface area contributed by atoms with Crippen molar-refractivity contribution in [2.24, 2.45) is 5.73 Å². The Morgan fingerprint density at radius 3 is 2.62 bits per heavy atom. The summed E-state index contributed by atoms with van der Waals surface area (Å²) < 4.78 is 22.4. The molecular weight excluding hydrogens is 212 g/mol. The average Bonchev–Trinajstić information content (AvgIpc) is 2.03. The summed E-state index contributed by atoms with van der Waals surface area (Å²) in [4.78, 5) is 1.89. The Balaban J connectivity index is 4.41. The van der Waals surface area contributed by atoms with Crippen molar-refractivity contribution in [1.29, 1.82) is 5.26 Å². The van der Waals surface area contributed by atoms with Gasteiger partial charge in [0.05, 0.1) is 6.07 Å². The number of nitrogens with two attached hydrogens (primary N) is 1. The van der Waals surface area contributed by atoms with E-state index in [1.165, 1.54) is 0 Å². The highest BCUT2D eigenvalue weighted by atomic mass is 32.2. The monoisotopic (exact) mass is 222 g/mol. The van der Waals surface area contributed by atoms with E-state index in [-0.39, 0.29) is 11.5 Å². The number of nitrogens with zero attached hydrogens (tertiary/aromatic N) is 1. The third-order valence-corrected chi connectivity index (χ3v) is 2.88. The first-order valence-corrected chi connectivity index (χ1v) is 5.35. The lowest BCUT2D eigenvalue weighted by atomic mass is 10.4. The number of thiocarbonyl (C=S) groups is 1. The van der Waals surface area contributed by atoms with E-state index in [4.69, 9.17) is 11.0 Å². The van der Waals surface area contributed by atoms with Crippen LogP contribution in [0, 0.1) is 11.3 Å². The van der Waals surface area contributed by atoms with Crippen LogP contribution in [0.15, 0.2) is 0 Å². The van der Waals surface area contributed by atoms with Crippen LogP contribution in [-0.2, 0) is 10.0 Å². The number of rotatable bonds is 4. The lowest BCUT2D eigenvalue weighted by Crippen LogP contribution is -2.47. The molecule has 0 aliphatic carbocycles. The molecule has 0 amide bonds. The third kappa shape index (κ3) is 4.02. The maximum atomic E-state index is 11.2. The van der Waals surface area contributed by atoms with Gasteiger partial charge < -0.3 is 5.73 Å². The van der Waals surface area contributed by atoms with Gasteiger partial charge in [-0.2, -0.15) is 5.26 Å². The molecule has 0 aliphatic heterocycles. The molecule has 1 unspecified atom stereocenters. The minimum atomic E-state index is -3.71. The van der Waals surface area contributed by atoms with E-state index in [0.29, 0.717) is 0 Å². The molecule has 1 atom stereocenters. The molecule has 0 aromatic carbocycles. The van der Waals surface area contributed by atoms with Gasteiger partial charge in [-0.3, -0.25) is 5.43 Å². The zero-order valence-corrected chi connectivity index (χ0v) is 8.58. The maximum Gasteiger partial charge on any atom is 0.244 e. The fourth-order valence-electron chi connectivity index (χ4n) is 0.573. The molecule has 0 spiro atoms. The SMILES string of the molecule is CCC(C#N)S(=O)(=O)NNC(N)=S. The van der Waals surface area contributed by atoms with Gasteiger partial charge in [0, 0.05) is 0 Å². The van der Waals surface area contributed by atoms with E-state index >= 15 is 0 Å². The molecule has 0 radical (unpaired) electrons. The van der Waals surface area contributed by atoms with Gasteiger partial charge in [-0.15, -0.1) is 4.83 Å². The second-order valence-corrected chi connectivity index (χ2v) is 4.47. The highest BCUT2D eigenvalue weighted by Gasteiger charge is 2.22. The summed E-state index contributed by atoms with van der Waals surface area (Å²) >= 11 is 4.38. The van der Waals surface area contributed by atoms with Crippen molar-refractivity contribution >= 4 is 27.4 Å². The second kappa shape index (κ2) is 4.96. The zero-order valence-electron chi connectivity index (χ0n) is 6.94. The summed E-state index contributed by atoms with van der Waals surface area (Å²) in [6.45, 7) is 1.59. The molecule has 6 nitrogen and oxygen atoms in total.